The molecule has 2 aromatic carbocycles. The van der Waals surface area contributed by atoms with Crippen LogP contribution in [0.1, 0.15) is 31.2 Å². The van der Waals surface area contributed by atoms with Gasteiger partial charge in [-0.3, -0.25) is 10.1 Å². The monoisotopic (exact) mass is 532 g/mol. The zero-order valence-electron chi connectivity index (χ0n) is 21.9. The summed E-state index contributed by atoms with van der Waals surface area (Å²) in [6.45, 7) is 1.85. The molecule has 8 heteroatoms. The first-order valence-electron chi connectivity index (χ1n) is 13.7. The summed E-state index contributed by atoms with van der Waals surface area (Å²) in [4.78, 5) is 12.6. The Hall–Kier alpha value is -4.56. The van der Waals surface area contributed by atoms with E-state index < -0.39 is 5.82 Å². The van der Waals surface area contributed by atoms with Crippen LogP contribution in [0.3, 0.4) is 0 Å². The number of aromatic nitrogens is 5. The van der Waals surface area contributed by atoms with Crippen molar-refractivity contribution in [2.24, 2.45) is 5.92 Å². The van der Waals surface area contributed by atoms with Crippen LogP contribution in [0.5, 0.6) is 5.75 Å². The molecule has 1 fully saturated rings. The Morgan fingerprint density at radius 2 is 1.80 bits per heavy atom. The van der Waals surface area contributed by atoms with E-state index >= 15 is 0 Å². The van der Waals surface area contributed by atoms with Gasteiger partial charge in [0.1, 0.15) is 17.3 Å². The molecule has 4 N–H and O–H groups in total. The minimum absolute atomic E-state index is 0.109. The van der Waals surface area contributed by atoms with Crippen LogP contribution in [0.2, 0.25) is 0 Å². The predicted molar refractivity (Wildman–Crippen MR) is 155 cm³/mol. The molecule has 0 saturated heterocycles. The first-order chi connectivity index (χ1) is 19.6. The van der Waals surface area contributed by atoms with Crippen molar-refractivity contribution in [2.45, 2.75) is 32.2 Å². The van der Waals surface area contributed by atoms with Crippen molar-refractivity contribution in [1.29, 1.82) is 0 Å². The molecule has 1 saturated carbocycles. The molecule has 0 aliphatic heterocycles. The minimum Gasteiger partial charge on any atom is -0.508 e. The molecule has 6 aromatic rings. The second-order valence-corrected chi connectivity index (χ2v) is 10.7. The molecule has 40 heavy (non-hydrogen) atoms. The van der Waals surface area contributed by atoms with Crippen LogP contribution < -0.4 is 5.32 Å². The number of nitrogens with one attached hydrogen (secondary N) is 3. The van der Waals surface area contributed by atoms with Gasteiger partial charge in [-0.2, -0.15) is 5.10 Å². The molecule has 0 amide bonds. The summed E-state index contributed by atoms with van der Waals surface area (Å²) in [6, 6.07) is 16.1. The van der Waals surface area contributed by atoms with Gasteiger partial charge in [0.2, 0.25) is 0 Å². The van der Waals surface area contributed by atoms with Gasteiger partial charge >= 0.3 is 0 Å². The number of hydrogen-bond acceptors (Lipinski definition) is 5. The molecule has 200 valence electrons. The summed E-state index contributed by atoms with van der Waals surface area (Å²) in [5, 5.41) is 23.0. The standard InChI is InChI=1S/C32H29FN6O/c33-24-9-21(10-25(40)12-24)26-6-3-7-29-27(26)13-30(37-29)31-28-11-23(18-36-32(28)39-38-31)22-8-20(16-35-17-22)15-34-14-19-4-1-2-5-19/h3,6-13,16-19,34,37,40H,1-2,4-5,14-15H2,(H,36,38,39). The number of aromatic amines is 2. The number of benzene rings is 2. The Labute approximate surface area is 230 Å². The van der Waals surface area contributed by atoms with E-state index in [9.17, 15) is 9.50 Å². The molecule has 7 rings (SSSR count). The van der Waals surface area contributed by atoms with Crippen LogP contribution in [-0.4, -0.2) is 36.8 Å². The summed E-state index contributed by atoms with van der Waals surface area (Å²) in [5.41, 5.74) is 7.68. The Morgan fingerprint density at radius 1 is 0.925 bits per heavy atom. The van der Waals surface area contributed by atoms with Gasteiger partial charge in [0.05, 0.1) is 5.69 Å². The van der Waals surface area contributed by atoms with Gasteiger partial charge in [-0.1, -0.05) is 25.0 Å². The molecule has 0 unspecified atom stereocenters. The topological polar surface area (TPSA) is 103 Å². The van der Waals surface area contributed by atoms with Gasteiger partial charge in [-0.15, -0.1) is 0 Å². The van der Waals surface area contributed by atoms with Crippen molar-refractivity contribution in [2.75, 3.05) is 6.54 Å². The molecular formula is C32H29FN6O. The first-order valence-corrected chi connectivity index (χ1v) is 13.7. The fourth-order valence-electron chi connectivity index (χ4n) is 5.91. The molecule has 0 spiro atoms. The van der Waals surface area contributed by atoms with E-state index in [0.717, 1.165) is 75.0 Å². The summed E-state index contributed by atoms with van der Waals surface area (Å²) < 4.78 is 14.0. The van der Waals surface area contributed by atoms with Crippen molar-refractivity contribution in [1.82, 2.24) is 30.5 Å². The quantitative estimate of drug-likeness (QED) is 0.178. The Kier molecular flexibility index (Phi) is 6.24. The van der Waals surface area contributed by atoms with Crippen molar-refractivity contribution < 1.29 is 9.50 Å². The fourth-order valence-corrected chi connectivity index (χ4v) is 5.91. The van der Waals surface area contributed by atoms with E-state index in [2.05, 4.69) is 42.6 Å². The summed E-state index contributed by atoms with van der Waals surface area (Å²) >= 11 is 0. The predicted octanol–water partition coefficient (Wildman–Crippen LogP) is 6.96. The van der Waals surface area contributed by atoms with Crippen LogP contribution in [-0.2, 0) is 6.54 Å². The van der Waals surface area contributed by atoms with Crippen molar-refractivity contribution >= 4 is 21.9 Å². The number of hydrogen-bond donors (Lipinski definition) is 4. The normalized spacial score (nSPS) is 14.0. The number of fused-ring (bicyclic) bond motifs is 2. The Morgan fingerprint density at radius 3 is 2.67 bits per heavy atom. The molecule has 4 aromatic heterocycles. The third-order valence-corrected chi connectivity index (χ3v) is 7.89. The molecule has 1 aliphatic rings. The maximum atomic E-state index is 14.0. The maximum absolute atomic E-state index is 14.0. The lowest BCUT2D eigenvalue weighted by molar-refractivity contribution is 0.469. The van der Waals surface area contributed by atoms with E-state index in [0.29, 0.717) is 11.2 Å². The Bertz CT molecular complexity index is 1810. The van der Waals surface area contributed by atoms with Crippen LogP contribution in [0.4, 0.5) is 4.39 Å². The number of nitrogens with zero attached hydrogens (tertiary/aromatic N) is 3. The number of rotatable bonds is 7. The molecule has 7 nitrogen and oxygen atoms in total. The molecular weight excluding hydrogens is 503 g/mol. The highest BCUT2D eigenvalue weighted by Crippen LogP contribution is 2.36. The molecule has 0 atom stereocenters. The second-order valence-electron chi connectivity index (χ2n) is 10.7. The summed E-state index contributed by atoms with van der Waals surface area (Å²) in [5.74, 6) is 0.203. The molecule has 4 heterocycles. The lowest BCUT2D eigenvalue weighted by atomic mass is 10.0. The van der Waals surface area contributed by atoms with Crippen LogP contribution in [0.25, 0.3) is 55.6 Å². The average molecular weight is 533 g/mol. The lowest BCUT2D eigenvalue weighted by Gasteiger charge is -2.11. The summed E-state index contributed by atoms with van der Waals surface area (Å²) in [7, 11) is 0. The van der Waals surface area contributed by atoms with Gasteiger partial charge in [-0.05, 0) is 78.4 Å². The Balaban J connectivity index is 1.21. The van der Waals surface area contributed by atoms with E-state index in [4.69, 9.17) is 0 Å². The number of H-pyrrole nitrogens is 2. The van der Waals surface area contributed by atoms with E-state index in [-0.39, 0.29) is 5.75 Å². The number of pyridine rings is 2. The highest BCUT2D eigenvalue weighted by molar-refractivity contribution is 6.01. The number of phenols is 1. The lowest BCUT2D eigenvalue weighted by Crippen LogP contribution is -2.20. The fraction of sp³-hybridized carbons (Fsp3) is 0.219. The smallest absolute Gasteiger partial charge is 0.155 e. The summed E-state index contributed by atoms with van der Waals surface area (Å²) in [6.07, 6.45) is 11.0. The third kappa shape index (κ3) is 4.71. The zero-order valence-corrected chi connectivity index (χ0v) is 21.9. The van der Waals surface area contributed by atoms with Crippen molar-refractivity contribution in [3.63, 3.8) is 0 Å². The molecule has 0 bridgehead atoms. The van der Waals surface area contributed by atoms with Crippen LogP contribution in [0.15, 0.2) is 73.2 Å². The minimum atomic E-state index is -0.484. The van der Waals surface area contributed by atoms with Crippen molar-refractivity contribution in [3.05, 3.63) is 84.6 Å². The van der Waals surface area contributed by atoms with Crippen molar-refractivity contribution in [3.8, 4) is 39.4 Å². The highest BCUT2D eigenvalue weighted by atomic mass is 19.1. The SMILES string of the molecule is Oc1cc(F)cc(-c2cccc3[nH]c(-c4n[nH]c5ncc(-c6cncc(CNCC7CCCC7)c6)cc45)cc23)c1. The van der Waals surface area contributed by atoms with E-state index in [1.807, 2.05) is 42.9 Å². The van der Waals surface area contributed by atoms with Gasteiger partial charge in [-0.25, -0.2) is 9.37 Å². The highest BCUT2D eigenvalue weighted by Gasteiger charge is 2.17. The number of phenolic OH excluding ortho intramolecular Hbond substituents is 1. The van der Waals surface area contributed by atoms with E-state index in [1.165, 1.54) is 31.7 Å². The second kappa shape index (κ2) is 10.2. The first kappa shape index (κ1) is 24.5. The largest absolute Gasteiger partial charge is 0.508 e. The maximum Gasteiger partial charge on any atom is 0.155 e. The van der Waals surface area contributed by atoms with Crippen LogP contribution >= 0.6 is 0 Å². The third-order valence-electron chi connectivity index (χ3n) is 7.89. The van der Waals surface area contributed by atoms with Gasteiger partial charge in [0, 0.05) is 58.6 Å². The number of aromatic hydroxyl groups is 1. The van der Waals surface area contributed by atoms with Gasteiger partial charge in [0.25, 0.3) is 0 Å². The zero-order chi connectivity index (χ0) is 27.1. The number of halogens is 1. The van der Waals surface area contributed by atoms with E-state index in [1.54, 1.807) is 6.07 Å². The molecule has 0 radical (unpaired) electrons. The van der Waals surface area contributed by atoms with Gasteiger partial charge < -0.3 is 15.4 Å². The average Bonchev–Trinajstić information content (AvgIpc) is 3.71. The van der Waals surface area contributed by atoms with Crippen LogP contribution in [0, 0.1) is 11.7 Å². The molecule has 1 aliphatic carbocycles. The van der Waals surface area contributed by atoms with Gasteiger partial charge in [0.15, 0.2) is 5.65 Å².